The van der Waals surface area contributed by atoms with E-state index in [-0.39, 0.29) is 16.5 Å². The Bertz CT molecular complexity index is 992. The summed E-state index contributed by atoms with van der Waals surface area (Å²) in [6.07, 6.45) is 3.13. The van der Waals surface area contributed by atoms with Crippen molar-refractivity contribution in [3.63, 3.8) is 0 Å². The average molecular weight is 434 g/mol. The third-order valence-corrected chi connectivity index (χ3v) is 4.85. The van der Waals surface area contributed by atoms with Crippen LogP contribution in [0.5, 0.6) is 5.75 Å². The quantitative estimate of drug-likeness (QED) is 0.354. The minimum absolute atomic E-state index is 0.0475. The molecular formula is C16H12BrN5O3S. The number of benzene rings is 1. The monoisotopic (exact) mass is 433 g/mol. The highest BCUT2D eigenvalue weighted by atomic mass is 79.9. The predicted octanol–water partition coefficient (Wildman–Crippen LogP) is 4.05. The van der Waals surface area contributed by atoms with Crippen LogP contribution in [0.25, 0.3) is 11.4 Å². The molecule has 0 saturated carbocycles. The molecule has 0 aliphatic rings. The van der Waals surface area contributed by atoms with Gasteiger partial charge in [-0.3, -0.25) is 14.7 Å². The van der Waals surface area contributed by atoms with E-state index < -0.39 is 4.92 Å². The zero-order valence-corrected chi connectivity index (χ0v) is 15.6. The Morgan fingerprint density at radius 2 is 2.19 bits per heavy atom. The molecule has 0 spiro atoms. The van der Waals surface area contributed by atoms with Crippen molar-refractivity contribution in [2.45, 2.75) is 16.7 Å². The lowest BCUT2D eigenvalue weighted by atomic mass is 10.2. The first kappa shape index (κ1) is 18.1. The molecule has 0 aliphatic carbocycles. The first-order chi connectivity index (χ1) is 12.5. The van der Waals surface area contributed by atoms with Gasteiger partial charge < -0.3 is 5.11 Å². The minimum atomic E-state index is -0.495. The van der Waals surface area contributed by atoms with Gasteiger partial charge in [-0.2, -0.15) is 0 Å². The maximum Gasteiger partial charge on any atom is 0.301 e. The topological polar surface area (TPSA) is 107 Å². The summed E-state index contributed by atoms with van der Waals surface area (Å²) < 4.78 is 2.48. The molecule has 0 bridgehead atoms. The summed E-state index contributed by atoms with van der Waals surface area (Å²) in [5, 5.41) is 30.2. The molecular weight excluding hydrogens is 422 g/mol. The van der Waals surface area contributed by atoms with Crippen LogP contribution >= 0.6 is 27.7 Å². The van der Waals surface area contributed by atoms with E-state index in [0.717, 1.165) is 16.2 Å². The van der Waals surface area contributed by atoms with Gasteiger partial charge in [0.15, 0.2) is 16.0 Å². The van der Waals surface area contributed by atoms with E-state index in [1.54, 1.807) is 28.8 Å². The molecule has 3 rings (SSSR count). The number of nitro groups is 1. The first-order valence-electron chi connectivity index (χ1n) is 7.31. The standard InChI is InChI=1S/C16H12BrN5O3S/c1-2-8-21-14(11-9-10(17)5-6-13(11)23)19-20-16(21)26-15-12(22(24)25)4-3-7-18-15/h2-7,9,23H,1,8H2. The van der Waals surface area contributed by atoms with Gasteiger partial charge in [0.25, 0.3) is 0 Å². The van der Waals surface area contributed by atoms with Crippen molar-refractivity contribution >= 4 is 33.4 Å². The van der Waals surface area contributed by atoms with Gasteiger partial charge in [-0.25, -0.2) is 4.98 Å². The van der Waals surface area contributed by atoms with Gasteiger partial charge in [-0.05, 0) is 36.0 Å². The van der Waals surface area contributed by atoms with Crippen LogP contribution in [0.1, 0.15) is 0 Å². The average Bonchev–Trinajstić information content (AvgIpc) is 3.00. The van der Waals surface area contributed by atoms with Crippen LogP contribution in [0.4, 0.5) is 5.69 Å². The summed E-state index contributed by atoms with van der Waals surface area (Å²) in [5.41, 5.74) is 0.369. The van der Waals surface area contributed by atoms with Crippen molar-refractivity contribution in [2.24, 2.45) is 0 Å². The number of aromatic hydroxyl groups is 1. The van der Waals surface area contributed by atoms with Crippen molar-refractivity contribution in [3.8, 4) is 17.1 Å². The van der Waals surface area contributed by atoms with E-state index in [1.807, 2.05) is 0 Å². The van der Waals surface area contributed by atoms with Crippen LogP contribution in [-0.4, -0.2) is 29.8 Å². The molecule has 8 nitrogen and oxygen atoms in total. The van der Waals surface area contributed by atoms with Gasteiger partial charge >= 0.3 is 5.69 Å². The highest BCUT2D eigenvalue weighted by molar-refractivity contribution is 9.10. The van der Waals surface area contributed by atoms with Gasteiger partial charge in [0.05, 0.1) is 10.5 Å². The molecule has 0 aliphatic heterocycles. The molecule has 0 radical (unpaired) electrons. The summed E-state index contributed by atoms with van der Waals surface area (Å²) in [6.45, 7) is 4.08. The summed E-state index contributed by atoms with van der Waals surface area (Å²) in [5.74, 6) is 0.469. The smallest absolute Gasteiger partial charge is 0.301 e. The van der Waals surface area contributed by atoms with Gasteiger partial charge in [-0.15, -0.1) is 16.8 Å². The molecule has 0 amide bonds. The third kappa shape index (κ3) is 3.60. The Hall–Kier alpha value is -2.72. The minimum Gasteiger partial charge on any atom is -0.507 e. The number of halogens is 1. The highest BCUT2D eigenvalue weighted by Crippen LogP contribution is 2.36. The molecule has 132 valence electrons. The Morgan fingerprint density at radius 1 is 1.38 bits per heavy atom. The molecule has 26 heavy (non-hydrogen) atoms. The molecule has 2 aromatic heterocycles. The molecule has 0 unspecified atom stereocenters. The lowest BCUT2D eigenvalue weighted by molar-refractivity contribution is -0.388. The fourth-order valence-electron chi connectivity index (χ4n) is 2.23. The molecule has 0 atom stereocenters. The van der Waals surface area contributed by atoms with Crippen LogP contribution in [0.3, 0.4) is 0 Å². The molecule has 1 N–H and O–H groups in total. The number of phenolic OH excluding ortho intramolecular Hbond substituents is 1. The molecule has 10 heteroatoms. The van der Waals surface area contributed by atoms with Crippen molar-refractivity contribution in [1.82, 2.24) is 19.7 Å². The summed E-state index contributed by atoms with van der Waals surface area (Å²) in [4.78, 5) is 14.8. The number of rotatable bonds is 6. The largest absolute Gasteiger partial charge is 0.507 e. The van der Waals surface area contributed by atoms with E-state index in [9.17, 15) is 15.2 Å². The normalized spacial score (nSPS) is 10.7. The van der Waals surface area contributed by atoms with Gasteiger partial charge in [0.1, 0.15) is 5.75 Å². The third-order valence-electron chi connectivity index (χ3n) is 3.36. The highest BCUT2D eigenvalue weighted by Gasteiger charge is 2.21. The Kier molecular flexibility index (Phi) is 5.33. The number of hydrogen-bond acceptors (Lipinski definition) is 7. The summed E-state index contributed by atoms with van der Waals surface area (Å²) in [6, 6.07) is 7.85. The van der Waals surface area contributed by atoms with E-state index in [2.05, 4.69) is 37.7 Å². The predicted molar refractivity (Wildman–Crippen MR) is 100 cm³/mol. The Morgan fingerprint density at radius 3 is 2.92 bits per heavy atom. The van der Waals surface area contributed by atoms with E-state index in [1.165, 1.54) is 18.3 Å². The fourth-order valence-corrected chi connectivity index (χ4v) is 3.48. The number of aromatic nitrogens is 4. The van der Waals surface area contributed by atoms with E-state index in [4.69, 9.17) is 0 Å². The number of allylic oxidation sites excluding steroid dienone is 1. The number of pyridine rings is 1. The Labute approximate surface area is 160 Å². The van der Waals surface area contributed by atoms with Gasteiger partial charge in [0.2, 0.25) is 0 Å². The summed E-state index contributed by atoms with van der Waals surface area (Å²) >= 11 is 4.39. The fraction of sp³-hybridized carbons (Fsp3) is 0.0625. The first-order valence-corrected chi connectivity index (χ1v) is 8.92. The van der Waals surface area contributed by atoms with Crippen molar-refractivity contribution in [2.75, 3.05) is 0 Å². The van der Waals surface area contributed by atoms with Crippen LogP contribution < -0.4 is 0 Å². The maximum atomic E-state index is 11.2. The van der Waals surface area contributed by atoms with Crippen molar-refractivity contribution in [3.05, 3.63) is 63.8 Å². The van der Waals surface area contributed by atoms with Crippen molar-refractivity contribution < 1.29 is 10.0 Å². The van der Waals surface area contributed by atoms with Crippen LogP contribution in [0.15, 0.2) is 63.8 Å². The summed E-state index contributed by atoms with van der Waals surface area (Å²) in [7, 11) is 0. The molecule has 1 aromatic carbocycles. The number of phenols is 1. The molecule has 0 saturated heterocycles. The van der Waals surface area contributed by atoms with Crippen LogP contribution in [0, 0.1) is 10.1 Å². The van der Waals surface area contributed by atoms with Crippen LogP contribution in [-0.2, 0) is 6.54 Å². The van der Waals surface area contributed by atoms with E-state index >= 15 is 0 Å². The zero-order valence-electron chi connectivity index (χ0n) is 13.2. The second-order valence-electron chi connectivity index (χ2n) is 5.05. The van der Waals surface area contributed by atoms with E-state index in [0.29, 0.717) is 23.1 Å². The van der Waals surface area contributed by atoms with Gasteiger partial charge in [0, 0.05) is 23.3 Å². The zero-order chi connectivity index (χ0) is 18.7. The van der Waals surface area contributed by atoms with Gasteiger partial charge in [-0.1, -0.05) is 22.0 Å². The second-order valence-corrected chi connectivity index (χ2v) is 6.93. The molecule has 3 aromatic rings. The number of nitrogens with zero attached hydrogens (tertiary/aromatic N) is 5. The molecule has 2 heterocycles. The molecule has 0 fully saturated rings. The second kappa shape index (κ2) is 7.67. The van der Waals surface area contributed by atoms with Crippen molar-refractivity contribution in [1.29, 1.82) is 0 Å². The van der Waals surface area contributed by atoms with Crippen LogP contribution in [0.2, 0.25) is 0 Å². The lowest BCUT2D eigenvalue weighted by Gasteiger charge is -2.09. The SMILES string of the molecule is C=CCn1c(Sc2ncccc2[N+](=O)[O-])nnc1-c1cc(Br)ccc1O. The lowest BCUT2D eigenvalue weighted by Crippen LogP contribution is -2.01. The maximum absolute atomic E-state index is 11.2. The Balaban J connectivity index is 2.07. The number of hydrogen-bond donors (Lipinski definition) is 1.